The van der Waals surface area contributed by atoms with Gasteiger partial charge < -0.3 is 11.5 Å². The summed E-state index contributed by atoms with van der Waals surface area (Å²) in [6.45, 7) is 0. The SMILES string of the molecule is Nc1nc(N)nc(-[n+]2ccccc2)n1. The van der Waals surface area contributed by atoms with Crippen molar-refractivity contribution in [2.24, 2.45) is 0 Å². The van der Waals surface area contributed by atoms with Crippen molar-refractivity contribution in [1.82, 2.24) is 15.0 Å². The molecule has 0 aliphatic carbocycles. The van der Waals surface area contributed by atoms with Crippen molar-refractivity contribution >= 4 is 11.9 Å². The van der Waals surface area contributed by atoms with E-state index in [2.05, 4.69) is 15.0 Å². The number of nitrogens with zero attached hydrogens (tertiary/aromatic N) is 4. The molecule has 0 fully saturated rings. The van der Waals surface area contributed by atoms with Crippen LogP contribution in [-0.4, -0.2) is 15.0 Å². The van der Waals surface area contributed by atoms with Crippen molar-refractivity contribution in [3.8, 4) is 5.95 Å². The molecule has 2 aromatic heterocycles. The molecular formula is C8H9N6+. The van der Waals surface area contributed by atoms with Crippen molar-refractivity contribution in [2.45, 2.75) is 0 Å². The maximum atomic E-state index is 5.44. The largest absolute Gasteiger partial charge is 0.444 e. The molecule has 0 spiro atoms. The van der Waals surface area contributed by atoms with Gasteiger partial charge in [0.2, 0.25) is 0 Å². The first-order chi connectivity index (χ1) is 6.75. The molecule has 0 amide bonds. The van der Waals surface area contributed by atoms with Gasteiger partial charge in [0.1, 0.15) is 0 Å². The summed E-state index contributed by atoms with van der Waals surface area (Å²) in [5.41, 5.74) is 10.9. The van der Waals surface area contributed by atoms with E-state index in [4.69, 9.17) is 11.5 Å². The van der Waals surface area contributed by atoms with Crippen LogP contribution in [0.4, 0.5) is 11.9 Å². The van der Waals surface area contributed by atoms with E-state index in [0.29, 0.717) is 5.95 Å². The van der Waals surface area contributed by atoms with Gasteiger partial charge in [-0.1, -0.05) is 6.07 Å². The van der Waals surface area contributed by atoms with Gasteiger partial charge in [-0.05, 0) is 22.1 Å². The van der Waals surface area contributed by atoms with Gasteiger partial charge in [0.05, 0.1) is 12.4 Å². The lowest BCUT2D eigenvalue weighted by atomic mass is 10.5. The Kier molecular flexibility index (Phi) is 1.94. The van der Waals surface area contributed by atoms with Crippen LogP contribution in [0.25, 0.3) is 5.95 Å². The molecule has 4 N–H and O–H groups in total. The summed E-state index contributed by atoms with van der Waals surface area (Å²) >= 11 is 0. The molecule has 0 aromatic carbocycles. The fraction of sp³-hybridized carbons (Fsp3) is 0. The number of hydrogen-bond acceptors (Lipinski definition) is 5. The van der Waals surface area contributed by atoms with E-state index >= 15 is 0 Å². The van der Waals surface area contributed by atoms with Gasteiger partial charge in [-0.3, -0.25) is 0 Å². The Bertz CT molecular complexity index is 421. The zero-order chi connectivity index (χ0) is 9.97. The molecule has 6 heteroatoms. The summed E-state index contributed by atoms with van der Waals surface area (Å²) in [5.74, 6) is 0.642. The molecule has 0 atom stereocenters. The Hall–Kier alpha value is -2.24. The van der Waals surface area contributed by atoms with Crippen molar-refractivity contribution < 1.29 is 4.57 Å². The van der Waals surface area contributed by atoms with Crippen LogP contribution in [0.15, 0.2) is 30.6 Å². The minimum atomic E-state index is 0.115. The molecule has 0 unspecified atom stereocenters. The van der Waals surface area contributed by atoms with Gasteiger partial charge >= 0.3 is 17.8 Å². The first-order valence-electron chi connectivity index (χ1n) is 3.99. The topological polar surface area (TPSA) is 94.6 Å². The summed E-state index contributed by atoms with van der Waals surface area (Å²) in [6.07, 6.45) is 3.60. The van der Waals surface area contributed by atoms with E-state index in [0.717, 1.165) is 0 Å². The molecule has 0 aliphatic rings. The third-order valence-corrected chi connectivity index (χ3v) is 1.60. The Morgan fingerprint density at radius 2 is 1.43 bits per heavy atom. The monoisotopic (exact) mass is 189 g/mol. The average Bonchev–Trinajstić information content (AvgIpc) is 2.18. The highest BCUT2D eigenvalue weighted by Crippen LogP contribution is 1.97. The highest BCUT2D eigenvalue weighted by molar-refractivity contribution is 5.27. The lowest BCUT2D eigenvalue weighted by Crippen LogP contribution is -2.32. The van der Waals surface area contributed by atoms with Gasteiger partial charge in [0.25, 0.3) is 0 Å². The van der Waals surface area contributed by atoms with E-state index in [1.807, 2.05) is 18.2 Å². The van der Waals surface area contributed by atoms with Gasteiger partial charge in [-0.2, -0.15) is 0 Å². The lowest BCUT2D eigenvalue weighted by Gasteiger charge is -1.94. The third-order valence-electron chi connectivity index (χ3n) is 1.60. The summed E-state index contributed by atoms with van der Waals surface area (Å²) in [5, 5.41) is 0. The number of nitrogens with two attached hydrogens (primary N) is 2. The van der Waals surface area contributed by atoms with Crippen molar-refractivity contribution in [2.75, 3.05) is 11.5 Å². The molecule has 14 heavy (non-hydrogen) atoms. The normalized spacial score (nSPS) is 10.0. The Balaban J connectivity index is 2.52. The highest BCUT2D eigenvalue weighted by atomic mass is 15.2. The molecule has 2 heterocycles. The van der Waals surface area contributed by atoms with E-state index in [1.165, 1.54) is 0 Å². The summed E-state index contributed by atoms with van der Waals surface area (Å²) in [7, 11) is 0. The molecule has 0 saturated carbocycles. The predicted molar refractivity (Wildman–Crippen MR) is 50.2 cm³/mol. The number of hydrogen-bond donors (Lipinski definition) is 2. The zero-order valence-corrected chi connectivity index (χ0v) is 7.33. The van der Waals surface area contributed by atoms with E-state index in [9.17, 15) is 0 Å². The second kappa shape index (κ2) is 3.25. The Morgan fingerprint density at radius 3 is 2.00 bits per heavy atom. The minimum absolute atomic E-state index is 0.115. The molecule has 0 radical (unpaired) electrons. The number of pyridine rings is 1. The molecule has 70 valence electrons. The van der Waals surface area contributed by atoms with E-state index < -0.39 is 0 Å². The molecule has 0 aliphatic heterocycles. The van der Waals surface area contributed by atoms with E-state index in [-0.39, 0.29) is 11.9 Å². The number of rotatable bonds is 1. The predicted octanol–water partition coefficient (Wildman–Crippen LogP) is -0.687. The average molecular weight is 189 g/mol. The van der Waals surface area contributed by atoms with Crippen molar-refractivity contribution in [1.29, 1.82) is 0 Å². The van der Waals surface area contributed by atoms with Gasteiger partial charge in [0, 0.05) is 0 Å². The number of aromatic nitrogens is 4. The highest BCUT2D eigenvalue weighted by Gasteiger charge is 2.12. The lowest BCUT2D eigenvalue weighted by molar-refractivity contribution is -0.603. The van der Waals surface area contributed by atoms with Crippen LogP contribution in [0.1, 0.15) is 0 Å². The fourth-order valence-electron chi connectivity index (χ4n) is 1.04. The Labute approximate surface area is 80.3 Å². The van der Waals surface area contributed by atoms with Crippen molar-refractivity contribution in [3.05, 3.63) is 30.6 Å². The van der Waals surface area contributed by atoms with Gasteiger partial charge in [0.15, 0.2) is 0 Å². The number of anilines is 2. The van der Waals surface area contributed by atoms with E-state index in [1.54, 1.807) is 17.0 Å². The Morgan fingerprint density at radius 1 is 0.857 bits per heavy atom. The maximum Gasteiger partial charge on any atom is 0.444 e. The van der Waals surface area contributed by atoms with Crippen LogP contribution in [-0.2, 0) is 0 Å². The summed E-state index contributed by atoms with van der Waals surface area (Å²) in [4.78, 5) is 11.6. The summed E-state index contributed by atoms with van der Waals surface area (Å²) in [6, 6.07) is 5.61. The minimum Gasteiger partial charge on any atom is -0.353 e. The first-order valence-corrected chi connectivity index (χ1v) is 3.99. The molecule has 6 nitrogen and oxygen atoms in total. The van der Waals surface area contributed by atoms with Crippen LogP contribution >= 0.6 is 0 Å². The van der Waals surface area contributed by atoms with Gasteiger partial charge in [-0.15, -0.1) is 4.98 Å². The molecule has 2 aromatic rings. The molecule has 0 bridgehead atoms. The summed E-state index contributed by atoms with van der Waals surface area (Å²) < 4.78 is 1.70. The van der Waals surface area contributed by atoms with Crippen LogP contribution in [0.2, 0.25) is 0 Å². The quantitative estimate of drug-likeness (QED) is 0.579. The standard InChI is InChI=1S/C8H9N6/c9-6-11-7(10)13-8(12-6)14-4-2-1-3-5-14/h1-5H,(H4,9,10,11,12,13)/q+1. The molecule has 0 saturated heterocycles. The van der Waals surface area contributed by atoms with Crippen LogP contribution in [0, 0.1) is 0 Å². The first kappa shape index (κ1) is 8.36. The molecular weight excluding hydrogens is 180 g/mol. The smallest absolute Gasteiger partial charge is 0.353 e. The molecule has 2 rings (SSSR count). The number of nitrogen functional groups attached to an aromatic ring is 2. The van der Waals surface area contributed by atoms with Crippen LogP contribution in [0.5, 0.6) is 0 Å². The van der Waals surface area contributed by atoms with Crippen LogP contribution < -0.4 is 16.0 Å². The zero-order valence-electron chi connectivity index (χ0n) is 7.33. The maximum absolute atomic E-state index is 5.44. The second-order valence-corrected chi connectivity index (χ2v) is 2.63. The van der Waals surface area contributed by atoms with Crippen molar-refractivity contribution in [3.63, 3.8) is 0 Å². The third kappa shape index (κ3) is 1.58. The van der Waals surface area contributed by atoms with Gasteiger partial charge in [-0.25, -0.2) is 4.57 Å². The van der Waals surface area contributed by atoms with Crippen LogP contribution in [0.3, 0.4) is 0 Å². The second-order valence-electron chi connectivity index (χ2n) is 2.63. The fourth-order valence-corrected chi connectivity index (χ4v) is 1.04.